The van der Waals surface area contributed by atoms with Crippen molar-refractivity contribution in [2.24, 2.45) is 5.92 Å². The zero-order valence-electron chi connectivity index (χ0n) is 9.63. The van der Waals surface area contributed by atoms with Crippen molar-refractivity contribution in [2.75, 3.05) is 6.54 Å². The van der Waals surface area contributed by atoms with E-state index in [1.165, 1.54) is 12.8 Å². The molecule has 0 saturated carbocycles. The average molecular weight is 185 g/mol. The summed E-state index contributed by atoms with van der Waals surface area (Å²) in [5.41, 5.74) is 0. The lowest BCUT2D eigenvalue weighted by Crippen LogP contribution is -2.44. The molecular formula is C11H23NO. The molecular weight excluding hydrogens is 162 g/mol. The van der Waals surface area contributed by atoms with E-state index in [4.69, 9.17) is 0 Å². The molecule has 0 aliphatic carbocycles. The molecule has 1 heterocycles. The first-order chi connectivity index (χ1) is 6.13. The van der Waals surface area contributed by atoms with E-state index < -0.39 is 0 Å². The van der Waals surface area contributed by atoms with Crippen LogP contribution in [0.5, 0.6) is 0 Å². The van der Waals surface area contributed by atoms with Gasteiger partial charge in [-0.2, -0.15) is 0 Å². The Kier molecular flexibility index (Phi) is 5.76. The van der Waals surface area contributed by atoms with Crippen LogP contribution < -0.4 is 0 Å². The monoisotopic (exact) mass is 185 g/mol. The van der Waals surface area contributed by atoms with Crippen LogP contribution in [0.2, 0.25) is 0 Å². The molecule has 0 aromatic heterocycles. The summed E-state index contributed by atoms with van der Waals surface area (Å²) < 4.78 is 0. The number of amides is 1. The van der Waals surface area contributed by atoms with Crippen molar-refractivity contribution < 1.29 is 4.79 Å². The highest BCUT2D eigenvalue weighted by molar-refractivity contribution is 5.73. The summed E-state index contributed by atoms with van der Waals surface area (Å²) in [6, 6.07) is 0.446. The molecule has 13 heavy (non-hydrogen) atoms. The molecule has 0 aromatic rings. The third-order valence-electron chi connectivity index (χ3n) is 2.78. The molecule has 0 radical (unpaired) electrons. The Balaban J connectivity index is 0.000000671. The van der Waals surface area contributed by atoms with E-state index in [9.17, 15) is 4.79 Å². The number of piperidine rings is 1. The Morgan fingerprint density at radius 1 is 1.31 bits per heavy atom. The molecule has 0 bridgehead atoms. The molecule has 2 atom stereocenters. The normalized spacial score (nSPS) is 27.6. The van der Waals surface area contributed by atoms with Gasteiger partial charge in [-0.05, 0) is 25.7 Å². The summed E-state index contributed by atoms with van der Waals surface area (Å²) in [7, 11) is 0. The van der Waals surface area contributed by atoms with E-state index in [-0.39, 0.29) is 5.91 Å². The fourth-order valence-electron chi connectivity index (χ4n) is 1.78. The van der Waals surface area contributed by atoms with Crippen LogP contribution in [0.15, 0.2) is 0 Å². The maximum absolute atomic E-state index is 11.1. The Hall–Kier alpha value is -0.530. The first-order valence-corrected chi connectivity index (χ1v) is 5.40. The maximum atomic E-state index is 11.1. The number of nitrogens with zero attached hydrogens (tertiary/aromatic N) is 1. The Labute approximate surface area is 82.3 Å². The lowest BCUT2D eigenvalue weighted by molar-refractivity contribution is -0.133. The minimum Gasteiger partial charge on any atom is -0.340 e. The number of rotatable bonds is 0. The number of carbonyl (C=O) groups excluding carboxylic acids is 1. The van der Waals surface area contributed by atoms with Crippen LogP contribution in [-0.4, -0.2) is 23.4 Å². The predicted octanol–water partition coefficient (Wildman–Crippen LogP) is 2.68. The van der Waals surface area contributed by atoms with Gasteiger partial charge in [0.05, 0.1) is 0 Å². The average Bonchev–Trinajstić information content (AvgIpc) is 2.13. The van der Waals surface area contributed by atoms with Gasteiger partial charge in [-0.25, -0.2) is 0 Å². The Morgan fingerprint density at radius 2 is 1.85 bits per heavy atom. The molecule has 1 aliphatic rings. The smallest absolute Gasteiger partial charge is 0.219 e. The van der Waals surface area contributed by atoms with Crippen LogP contribution in [0.1, 0.15) is 47.5 Å². The van der Waals surface area contributed by atoms with Gasteiger partial charge in [-0.1, -0.05) is 20.8 Å². The van der Waals surface area contributed by atoms with Crippen LogP contribution in [0.3, 0.4) is 0 Å². The number of carbonyl (C=O) groups is 1. The van der Waals surface area contributed by atoms with Crippen molar-refractivity contribution in [1.82, 2.24) is 4.90 Å². The predicted molar refractivity (Wildman–Crippen MR) is 56.6 cm³/mol. The number of hydrogen-bond acceptors (Lipinski definition) is 1. The molecule has 2 nitrogen and oxygen atoms in total. The summed E-state index contributed by atoms with van der Waals surface area (Å²) in [5, 5.41) is 0. The van der Waals surface area contributed by atoms with Crippen molar-refractivity contribution in [1.29, 1.82) is 0 Å². The van der Waals surface area contributed by atoms with Crippen LogP contribution >= 0.6 is 0 Å². The summed E-state index contributed by atoms with van der Waals surface area (Å²) in [4.78, 5) is 13.1. The maximum Gasteiger partial charge on any atom is 0.219 e. The topological polar surface area (TPSA) is 20.3 Å². The van der Waals surface area contributed by atoms with E-state index in [2.05, 4.69) is 13.8 Å². The van der Waals surface area contributed by atoms with Crippen molar-refractivity contribution in [3.05, 3.63) is 0 Å². The molecule has 2 heteroatoms. The molecule has 1 rings (SSSR count). The summed E-state index contributed by atoms with van der Waals surface area (Å²) in [6.07, 6.45) is 2.44. The van der Waals surface area contributed by atoms with Crippen molar-refractivity contribution in [3.8, 4) is 0 Å². The van der Waals surface area contributed by atoms with E-state index in [1.807, 2.05) is 18.7 Å². The van der Waals surface area contributed by atoms with E-state index in [1.54, 1.807) is 6.92 Å². The third kappa shape index (κ3) is 3.37. The fraction of sp³-hybridized carbons (Fsp3) is 0.909. The van der Waals surface area contributed by atoms with Crippen molar-refractivity contribution in [2.45, 2.75) is 53.5 Å². The summed E-state index contributed by atoms with van der Waals surface area (Å²) in [6.45, 7) is 11.0. The van der Waals surface area contributed by atoms with Gasteiger partial charge in [0.2, 0.25) is 5.91 Å². The Bertz CT molecular complexity index is 156. The van der Waals surface area contributed by atoms with Crippen molar-refractivity contribution >= 4 is 5.91 Å². The van der Waals surface area contributed by atoms with Crippen LogP contribution in [0, 0.1) is 5.92 Å². The zero-order valence-corrected chi connectivity index (χ0v) is 9.63. The van der Waals surface area contributed by atoms with Gasteiger partial charge in [0.25, 0.3) is 0 Å². The van der Waals surface area contributed by atoms with Gasteiger partial charge < -0.3 is 4.90 Å². The van der Waals surface area contributed by atoms with Gasteiger partial charge in [0.1, 0.15) is 0 Å². The molecule has 1 amide bonds. The highest BCUT2D eigenvalue weighted by atomic mass is 16.2. The molecule has 1 aliphatic heterocycles. The first kappa shape index (κ1) is 12.5. The van der Waals surface area contributed by atoms with Gasteiger partial charge in [0, 0.05) is 19.5 Å². The van der Waals surface area contributed by atoms with Crippen molar-refractivity contribution in [3.63, 3.8) is 0 Å². The molecule has 78 valence electrons. The standard InChI is InChI=1S/C9H17NO.C2H6/c1-7-5-4-6-10(8(7)2)9(3)11;1-2/h7-8H,4-6H2,1-3H3;1-2H3. The molecule has 2 unspecified atom stereocenters. The van der Waals surface area contributed by atoms with Gasteiger partial charge in [-0.3, -0.25) is 4.79 Å². The highest BCUT2D eigenvalue weighted by Gasteiger charge is 2.25. The van der Waals surface area contributed by atoms with E-state index in [0.29, 0.717) is 12.0 Å². The van der Waals surface area contributed by atoms with Gasteiger partial charge in [-0.15, -0.1) is 0 Å². The van der Waals surface area contributed by atoms with E-state index >= 15 is 0 Å². The second kappa shape index (κ2) is 6.01. The zero-order chi connectivity index (χ0) is 10.4. The molecule has 1 saturated heterocycles. The molecule has 0 N–H and O–H groups in total. The second-order valence-electron chi connectivity index (χ2n) is 3.57. The van der Waals surface area contributed by atoms with E-state index in [0.717, 1.165) is 6.54 Å². The van der Waals surface area contributed by atoms with Crippen LogP contribution in [0.25, 0.3) is 0 Å². The lowest BCUT2D eigenvalue weighted by atomic mass is 9.92. The van der Waals surface area contributed by atoms with Gasteiger partial charge in [0.15, 0.2) is 0 Å². The largest absolute Gasteiger partial charge is 0.340 e. The second-order valence-corrected chi connectivity index (χ2v) is 3.57. The fourth-order valence-corrected chi connectivity index (χ4v) is 1.78. The third-order valence-corrected chi connectivity index (χ3v) is 2.78. The number of likely N-dealkylation sites (tertiary alicyclic amines) is 1. The summed E-state index contributed by atoms with van der Waals surface area (Å²) in [5.74, 6) is 0.900. The first-order valence-electron chi connectivity index (χ1n) is 5.40. The molecule has 0 aromatic carbocycles. The highest BCUT2D eigenvalue weighted by Crippen LogP contribution is 2.22. The van der Waals surface area contributed by atoms with Gasteiger partial charge >= 0.3 is 0 Å². The minimum atomic E-state index is 0.226. The van der Waals surface area contributed by atoms with Crippen LogP contribution in [0.4, 0.5) is 0 Å². The quantitative estimate of drug-likeness (QED) is 0.568. The van der Waals surface area contributed by atoms with Crippen LogP contribution in [-0.2, 0) is 4.79 Å². The number of hydrogen-bond donors (Lipinski definition) is 0. The minimum absolute atomic E-state index is 0.226. The molecule has 0 spiro atoms. The molecule has 1 fully saturated rings. The lowest BCUT2D eigenvalue weighted by Gasteiger charge is -2.37. The SMILES string of the molecule is CC.CC(=O)N1CCCC(C)C1C. The summed E-state index contributed by atoms with van der Waals surface area (Å²) >= 11 is 0. The Morgan fingerprint density at radius 3 is 2.23 bits per heavy atom.